The van der Waals surface area contributed by atoms with Crippen LogP contribution in [0.3, 0.4) is 0 Å². The largest absolute Gasteiger partial charge is 0.507 e. The van der Waals surface area contributed by atoms with Gasteiger partial charge in [-0.2, -0.15) is 0 Å². The molecule has 0 bridgehead atoms. The van der Waals surface area contributed by atoms with Gasteiger partial charge in [-0.15, -0.1) is 0 Å². The molecule has 1 fully saturated rings. The minimum atomic E-state index is -1.20. The highest BCUT2D eigenvalue weighted by molar-refractivity contribution is 6.03. The molecule has 0 radical (unpaired) electrons. The van der Waals surface area contributed by atoms with Crippen molar-refractivity contribution in [1.82, 2.24) is 9.97 Å². The van der Waals surface area contributed by atoms with Gasteiger partial charge in [-0.1, -0.05) is 0 Å². The van der Waals surface area contributed by atoms with Gasteiger partial charge < -0.3 is 15.1 Å². The number of anilines is 1. The number of phenols is 1. The van der Waals surface area contributed by atoms with E-state index in [9.17, 15) is 9.90 Å². The Morgan fingerprint density at radius 1 is 1.20 bits per heavy atom. The van der Waals surface area contributed by atoms with E-state index >= 15 is 0 Å². The zero-order valence-corrected chi connectivity index (χ0v) is 10.9. The number of carboxylic acid groups (broad SMARTS) is 1. The summed E-state index contributed by atoms with van der Waals surface area (Å²) in [6.07, 6.45) is 5.08. The summed E-state index contributed by atoms with van der Waals surface area (Å²) in [7, 11) is 0. The van der Waals surface area contributed by atoms with Gasteiger partial charge in [-0.3, -0.25) is 0 Å². The average Bonchev–Trinajstić information content (AvgIpc) is 2.47. The number of aromatic carboxylic acids is 1. The molecule has 1 aromatic carbocycles. The van der Waals surface area contributed by atoms with Crippen molar-refractivity contribution in [2.45, 2.75) is 19.3 Å². The van der Waals surface area contributed by atoms with Gasteiger partial charge in [0.25, 0.3) is 0 Å². The number of fused-ring (bicyclic) bond motifs is 1. The van der Waals surface area contributed by atoms with Crippen LogP contribution in [0.15, 0.2) is 18.3 Å². The molecule has 0 unspecified atom stereocenters. The second-order valence-electron chi connectivity index (χ2n) is 4.91. The second-order valence-corrected chi connectivity index (χ2v) is 4.91. The number of rotatable bonds is 2. The number of carboxylic acids is 1. The van der Waals surface area contributed by atoms with E-state index in [4.69, 9.17) is 5.11 Å². The molecule has 3 rings (SSSR count). The quantitative estimate of drug-likeness (QED) is 0.870. The molecule has 1 saturated heterocycles. The van der Waals surface area contributed by atoms with E-state index in [1.165, 1.54) is 12.5 Å². The van der Waals surface area contributed by atoms with Gasteiger partial charge in [0.15, 0.2) is 0 Å². The van der Waals surface area contributed by atoms with E-state index in [1.807, 2.05) is 0 Å². The maximum atomic E-state index is 11.2. The Bertz CT molecular complexity index is 666. The van der Waals surface area contributed by atoms with Crippen molar-refractivity contribution < 1.29 is 15.0 Å². The molecule has 1 aromatic heterocycles. The minimum absolute atomic E-state index is 0.194. The van der Waals surface area contributed by atoms with Crippen molar-refractivity contribution in [3.63, 3.8) is 0 Å². The Morgan fingerprint density at radius 3 is 2.65 bits per heavy atom. The molecule has 20 heavy (non-hydrogen) atoms. The lowest BCUT2D eigenvalue weighted by atomic mass is 10.1. The summed E-state index contributed by atoms with van der Waals surface area (Å²) in [6.45, 7) is 1.90. The predicted molar refractivity (Wildman–Crippen MR) is 74.2 cm³/mol. The fourth-order valence-corrected chi connectivity index (χ4v) is 2.55. The van der Waals surface area contributed by atoms with E-state index in [1.54, 1.807) is 12.3 Å². The van der Waals surface area contributed by atoms with Crippen molar-refractivity contribution in [1.29, 1.82) is 0 Å². The maximum Gasteiger partial charge on any atom is 0.341 e. The molecule has 0 aliphatic carbocycles. The molecule has 0 amide bonds. The zero-order chi connectivity index (χ0) is 14.1. The molecule has 1 aliphatic rings. The molecule has 2 heterocycles. The summed E-state index contributed by atoms with van der Waals surface area (Å²) in [5.74, 6) is -0.725. The van der Waals surface area contributed by atoms with Crippen LogP contribution in [0, 0.1) is 0 Å². The van der Waals surface area contributed by atoms with E-state index < -0.39 is 5.97 Å². The number of aromatic hydroxyl groups is 1. The van der Waals surface area contributed by atoms with Crippen molar-refractivity contribution in [3.8, 4) is 5.75 Å². The Labute approximate surface area is 115 Å². The third-order valence-corrected chi connectivity index (χ3v) is 3.57. The van der Waals surface area contributed by atoms with Gasteiger partial charge >= 0.3 is 5.97 Å². The van der Waals surface area contributed by atoms with E-state index in [0.717, 1.165) is 31.7 Å². The average molecular weight is 273 g/mol. The highest BCUT2D eigenvalue weighted by Crippen LogP contribution is 2.26. The molecule has 6 nitrogen and oxygen atoms in total. The third kappa shape index (κ3) is 2.13. The standard InChI is InChI=1S/C14H15N3O3/c18-10-5-4-9-13(12(10)14(19)20)15-8-11(16-9)17-6-2-1-3-7-17/h4-5,8,18H,1-3,6-7H2,(H,19,20). The Kier molecular flexibility index (Phi) is 3.14. The number of hydrogen-bond acceptors (Lipinski definition) is 5. The van der Waals surface area contributed by atoms with Crippen LogP contribution in [0.5, 0.6) is 5.75 Å². The number of aromatic nitrogens is 2. The number of piperidine rings is 1. The lowest BCUT2D eigenvalue weighted by Crippen LogP contribution is -2.30. The molecule has 1 aliphatic heterocycles. The van der Waals surface area contributed by atoms with Crippen molar-refractivity contribution in [2.75, 3.05) is 18.0 Å². The van der Waals surface area contributed by atoms with Gasteiger partial charge in [0.2, 0.25) is 0 Å². The minimum Gasteiger partial charge on any atom is -0.507 e. The Balaban J connectivity index is 2.08. The van der Waals surface area contributed by atoms with E-state index in [0.29, 0.717) is 5.52 Å². The first-order chi connectivity index (χ1) is 9.66. The first kappa shape index (κ1) is 12.7. The SMILES string of the molecule is O=C(O)c1c(O)ccc2nc(N3CCCCC3)cnc12. The van der Waals surface area contributed by atoms with E-state index in [-0.39, 0.29) is 16.8 Å². The highest BCUT2D eigenvalue weighted by Gasteiger charge is 2.18. The Hall–Kier alpha value is -2.37. The smallest absolute Gasteiger partial charge is 0.341 e. The van der Waals surface area contributed by atoms with Gasteiger partial charge in [0.05, 0.1) is 11.7 Å². The fourth-order valence-electron chi connectivity index (χ4n) is 2.55. The molecule has 0 spiro atoms. The summed E-state index contributed by atoms with van der Waals surface area (Å²) < 4.78 is 0. The summed E-state index contributed by atoms with van der Waals surface area (Å²) in [6, 6.07) is 2.94. The molecule has 0 atom stereocenters. The molecular weight excluding hydrogens is 258 g/mol. The van der Waals surface area contributed by atoms with Crippen LogP contribution in [0.25, 0.3) is 11.0 Å². The van der Waals surface area contributed by atoms with Crippen molar-refractivity contribution in [3.05, 3.63) is 23.9 Å². The summed E-state index contributed by atoms with van der Waals surface area (Å²) in [5, 5.41) is 18.8. The van der Waals surface area contributed by atoms with Gasteiger partial charge in [-0.25, -0.2) is 14.8 Å². The van der Waals surface area contributed by atoms with Crippen LogP contribution in [0.1, 0.15) is 29.6 Å². The molecule has 104 valence electrons. The number of carbonyl (C=O) groups is 1. The van der Waals surface area contributed by atoms with Gasteiger partial charge in [-0.05, 0) is 31.4 Å². The number of hydrogen-bond donors (Lipinski definition) is 2. The van der Waals surface area contributed by atoms with Gasteiger partial charge in [0.1, 0.15) is 22.6 Å². The Morgan fingerprint density at radius 2 is 1.95 bits per heavy atom. The summed E-state index contributed by atoms with van der Waals surface area (Å²) in [4.78, 5) is 22.0. The number of nitrogens with zero attached hydrogens (tertiary/aromatic N) is 3. The normalized spacial score (nSPS) is 15.5. The van der Waals surface area contributed by atoms with Crippen LogP contribution < -0.4 is 4.90 Å². The van der Waals surface area contributed by atoms with Crippen LogP contribution in [-0.2, 0) is 0 Å². The lowest BCUT2D eigenvalue weighted by Gasteiger charge is -2.27. The van der Waals surface area contributed by atoms with Gasteiger partial charge in [0, 0.05) is 13.1 Å². The van der Waals surface area contributed by atoms with Crippen molar-refractivity contribution in [2.24, 2.45) is 0 Å². The maximum absolute atomic E-state index is 11.2. The summed E-state index contributed by atoms with van der Waals surface area (Å²) in [5.41, 5.74) is 0.515. The molecule has 2 aromatic rings. The van der Waals surface area contributed by atoms with Crippen molar-refractivity contribution >= 4 is 22.8 Å². The molecule has 0 saturated carbocycles. The predicted octanol–water partition coefficient (Wildman–Crippen LogP) is 2.02. The molecule has 6 heteroatoms. The summed E-state index contributed by atoms with van der Waals surface area (Å²) >= 11 is 0. The second kappa shape index (κ2) is 4.96. The van der Waals surface area contributed by atoms with Crippen LogP contribution in [0.2, 0.25) is 0 Å². The topological polar surface area (TPSA) is 86.5 Å². The fraction of sp³-hybridized carbons (Fsp3) is 0.357. The first-order valence-corrected chi connectivity index (χ1v) is 6.64. The van der Waals surface area contributed by atoms with Crippen LogP contribution >= 0.6 is 0 Å². The third-order valence-electron chi connectivity index (χ3n) is 3.57. The molecular formula is C14H15N3O3. The lowest BCUT2D eigenvalue weighted by molar-refractivity contribution is 0.0696. The highest BCUT2D eigenvalue weighted by atomic mass is 16.4. The van der Waals surface area contributed by atoms with Crippen LogP contribution in [-0.4, -0.2) is 39.2 Å². The molecule has 2 N–H and O–H groups in total. The first-order valence-electron chi connectivity index (χ1n) is 6.64. The van der Waals surface area contributed by atoms with Crippen LogP contribution in [0.4, 0.5) is 5.82 Å². The zero-order valence-electron chi connectivity index (χ0n) is 10.9. The van der Waals surface area contributed by atoms with E-state index in [2.05, 4.69) is 14.9 Å². The monoisotopic (exact) mass is 273 g/mol. The number of benzene rings is 1.